The van der Waals surface area contributed by atoms with Crippen molar-refractivity contribution in [2.24, 2.45) is 7.05 Å². The smallest absolute Gasteiger partial charge is 0.137 e. The molecule has 4 heteroatoms. The van der Waals surface area contributed by atoms with E-state index in [1.807, 2.05) is 24.0 Å². The van der Waals surface area contributed by atoms with Crippen molar-refractivity contribution in [3.8, 4) is 11.1 Å². The highest BCUT2D eigenvalue weighted by Crippen LogP contribution is 2.34. The zero-order valence-corrected chi connectivity index (χ0v) is 13.1. The third kappa shape index (κ3) is 2.66. The summed E-state index contributed by atoms with van der Waals surface area (Å²) < 4.78 is 16.1. The van der Waals surface area contributed by atoms with Crippen molar-refractivity contribution >= 4 is 15.9 Å². The van der Waals surface area contributed by atoms with Crippen molar-refractivity contribution in [2.45, 2.75) is 32.1 Å². The highest BCUT2D eigenvalue weighted by atomic mass is 79.9. The first kappa shape index (κ1) is 13.8. The highest BCUT2D eigenvalue weighted by Gasteiger charge is 2.20. The Balaban J connectivity index is 1.94. The van der Waals surface area contributed by atoms with E-state index < -0.39 is 0 Å². The number of hydrogen-bond acceptors (Lipinski definition) is 1. The van der Waals surface area contributed by atoms with Gasteiger partial charge in [-0.05, 0) is 58.8 Å². The van der Waals surface area contributed by atoms with E-state index in [9.17, 15) is 4.39 Å². The van der Waals surface area contributed by atoms with Gasteiger partial charge in [-0.2, -0.15) is 5.10 Å². The van der Waals surface area contributed by atoms with Crippen LogP contribution in [0.1, 0.15) is 31.4 Å². The molecule has 0 saturated heterocycles. The predicted octanol–water partition coefficient (Wildman–Crippen LogP) is 4.68. The Hall–Kier alpha value is -1.16. The van der Waals surface area contributed by atoms with Crippen LogP contribution in [0.5, 0.6) is 0 Å². The van der Waals surface area contributed by atoms with Gasteiger partial charge in [-0.1, -0.05) is 18.9 Å². The molecule has 1 saturated carbocycles. The zero-order chi connectivity index (χ0) is 14.1. The molecule has 20 heavy (non-hydrogen) atoms. The van der Waals surface area contributed by atoms with Crippen LogP contribution in [0, 0.1) is 11.7 Å². The maximum absolute atomic E-state index is 13.7. The van der Waals surface area contributed by atoms with E-state index in [4.69, 9.17) is 0 Å². The van der Waals surface area contributed by atoms with Crippen molar-refractivity contribution in [2.75, 3.05) is 0 Å². The molecule has 0 atom stereocenters. The molecule has 2 nitrogen and oxygen atoms in total. The number of aromatic nitrogens is 2. The van der Waals surface area contributed by atoms with E-state index in [0.717, 1.165) is 17.5 Å². The molecule has 1 radical (unpaired) electrons. The number of nitrogens with zero attached hydrogens (tertiary/aromatic N) is 2. The summed E-state index contributed by atoms with van der Waals surface area (Å²) in [5, 5.41) is 4.36. The lowest BCUT2D eigenvalue weighted by atomic mass is 9.97. The van der Waals surface area contributed by atoms with Crippen LogP contribution >= 0.6 is 15.9 Å². The second-order valence-electron chi connectivity index (χ2n) is 5.39. The van der Waals surface area contributed by atoms with Gasteiger partial charge in [0.25, 0.3) is 0 Å². The minimum Gasteiger partial charge on any atom is -0.272 e. The van der Waals surface area contributed by atoms with Crippen LogP contribution in [0.15, 0.2) is 28.9 Å². The molecular weight excluding hydrogens is 319 g/mol. The Morgan fingerprint density at radius 1 is 1.30 bits per heavy atom. The first-order valence-electron chi connectivity index (χ1n) is 6.95. The lowest BCUT2D eigenvalue weighted by Crippen LogP contribution is -2.04. The van der Waals surface area contributed by atoms with E-state index in [-0.39, 0.29) is 5.82 Å². The number of aryl methyl sites for hydroxylation is 1. The summed E-state index contributed by atoms with van der Waals surface area (Å²) in [5.74, 6) is 1.36. The number of benzene rings is 1. The van der Waals surface area contributed by atoms with E-state index in [1.54, 1.807) is 18.1 Å². The maximum atomic E-state index is 13.7. The Kier molecular flexibility index (Phi) is 3.92. The summed E-state index contributed by atoms with van der Waals surface area (Å²) in [7, 11) is 1.96. The highest BCUT2D eigenvalue weighted by molar-refractivity contribution is 9.10. The Morgan fingerprint density at radius 3 is 2.75 bits per heavy atom. The average molecular weight is 336 g/mol. The molecule has 0 N–H and O–H groups in total. The Bertz CT molecular complexity index is 615. The van der Waals surface area contributed by atoms with E-state index in [2.05, 4.69) is 21.0 Å². The number of halogens is 2. The largest absolute Gasteiger partial charge is 0.272 e. The van der Waals surface area contributed by atoms with Crippen molar-refractivity contribution in [3.05, 3.63) is 46.3 Å². The third-order valence-corrected chi connectivity index (χ3v) is 4.66. The van der Waals surface area contributed by atoms with Crippen LogP contribution in [0.25, 0.3) is 11.1 Å². The van der Waals surface area contributed by atoms with Crippen molar-refractivity contribution in [3.63, 3.8) is 0 Å². The number of hydrogen-bond donors (Lipinski definition) is 0. The van der Waals surface area contributed by atoms with Crippen LogP contribution in [0.4, 0.5) is 4.39 Å². The summed E-state index contributed by atoms with van der Waals surface area (Å²) in [6, 6.07) is 5.26. The van der Waals surface area contributed by atoms with Gasteiger partial charge >= 0.3 is 0 Å². The molecule has 1 aromatic heterocycles. The fourth-order valence-electron chi connectivity index (χ4n) is 2.87. The molecule has 105 valence electrons. The van der Waals surface area contributed by atoms with Gasteiger partial charge in [0.15, 0.2) is 0 Å². The van der Waals surface area contributed by atoms with E-state index in [0.29, 0.717) is 4.47 Å². The molecule has 1 fully saturated rings. The van der Waals surface area contributed by atoms with Gasteiger partial charge in [0.1, 0.15) is 5.82 Å². The SMILES string of the molecule is Cn1ncc(-c2ccc(Br)c(F)c2)c1C[C]1CCCC1. The van der Waals surface area contributed by atoms with Crippen LogP contribution in [0.2, 0.25) is 0 Å². The van der Waals surface area contributed by atoms with Crippen molar-refractivity contribution in [1.82, 2.24) is 9.78 Å². The molecule has 1 heterocycles. The van der Waals surface area contributed by atoms with Gasteiger partial charge in [-0.15, -0.1) is 0 Å². The average Bonchev–Trinajstić information content (AvgIpc) is 3.05. The lowest BCUT2D eigenvalue weighted by Gasteiger charge is -2.11. The second-order valence-corrected chi connectivity index (χ2v) is 6.25. The molecule has 0 bridgehead atoms. The zero-order valence-electron chi connectivity index (χ0n) is 11.5. The summed E-state index contributed by atoms with van der Waals surface area (Å²) >= 11 is 3.20. The normalized spacial score (nSPS) is 15.9. The summed E-state index contributed by atoms with van der Waals surface area (Å²) in [6.45, 7) is 0. The molecule has 0 amide bonds. The van der Waals surface area contributed by atoms with Crippen LogP contribution < -0.4 is 0 Å². The standard InChI is InChI=1S/C16H17BrFN2/c1-20-16(8-11-4-2-3-5-11)13(10-19-20)12-6-7-14(17)15(18)9-12/h6-7,9-10H,2-5,8H2,1H3. The second kappa shape index (κ2) is 5.68. The molecular formula is C16H17BrFN2. The Morgan fingerprint density at radius 2 is 2.05 bits per heavy atom. The van der Waals surface area contributed by atoms with E-state index >= 15 is 0 Å². The van der Waals surface area contributed by atoms with Crippen LogP contribution in [-0.2, 0) is 13.5 Å². The minimum atomic E-state index is -0.231. The summed E-state index contributed by atoms with van der Waals surface area (Å²) in [5.41, 5.74) is 3.12. The molecule has 1 aliphatic carbocycles. The predicted molar refractivity (Wildman–Crippen MR) is 81.7 cm³/mol. The molecule has 1 aliphatic rings. The maximum Gasteiger partial charge on any atom is 0.137 e. The number of rotatable bonds is 3. The summed E-state index contributed by atoms with van der Waals surface area (Å²) in [4.78, 5) is 0. The van der Waals surface area contributed by atoms with Gasteiger partial charge in [0.2, 0.25) is 0 Å². The monoisotopic (exact) mass is 335 g/mol. The van der Waals surface area contributed by atoms with Crippen LogP contribution in [-0.4, -0.2) is 9.78 Å². The van der Waals surface area contributed by atoms with Gasteiger partial charge in [0, 0.05) is 18.3 Å². The van der Waals surface area contributed by atoms with E-state index in [1.165, 1.54) is 31.4 Å². The fraction of sp³-hybridized carbons (Fsp3) is 0.375. The quantitative estimate of drug-likeness (QED) is 0.796. The van der Waals surface area contributed by atoms with Crippen LogP contribution in [0.3, 0.4) is 0 Å². The van der Waals surface area contributed by atoms with Gasteiger partial charge in [-0.3, -0.25) is 4.68 Å². The Labute approximate surface area is 127 Å². The lowest BCUT2D eigenvalue weighted by molar-refractivity contribution is 0.621. The van der Waals surface area contributed by atoms with Crippen molar-refractivity contribution < 1.29 is 4.39 Å². The molecule has 0 unspecified atom stereocenters. The summed E-state index contributed by atoms with van der Waals surface area (Å²) in [6.07, 6.45) is 7.85. The first-order chi connectivity index (χ1) is 9.65. The molecule has 2 aromatic rings. The first-order valence-corrected chi connectivity index (χ1v) is 7.74. The molecule has 0 aliphatic heterocycles. The van der Waals surface area contributed by atoms with Crippen molar-refractivity contribution in [1.29, 1.82) is 0 Å². The van der Waals surface area contributed by atoms with Gasteiger partial charge < -0.3 is 0 Å². The van der Waals surface area contributed by atoms with Gasteiger partial charge in [-0.25, -0.2) is 4.39 Å². The molecule has 3 rings (SSSR count). The molecule has 1 aromatic carbocycles. The third-order valence-electron chi connectivity index (χ3n) is 4.02. The van der Waals surface area contributed by atoms with Gasteiger partial charge in [0.05, 0.1) is 10.7 Å². The minimum absolute atomic E-state index is 0.231. The fourth-order valence-corrected chi connectivity index (χ4v) is 3.11. The molecule has 0 spiro atoms. The topological polar surface area (TPSA) is 17.8 Å².